The van der Waals surface area contributed by atoms with Crippen LogP contribution >= 0.6 is 0 Å². The van der Waals surface area contributed by atoms with E-state index in [0.717, 1.165) is 6.07 Å². The number of piperidine rings is 1. The predicted molar refractivity (Wildman–Crippen MR) is 78.7 cm³/mol. The minimum Gasteiger partial charge on any atom is -0.481 e. The smallest absolute Gasteiger partial charge is 0.308 e. The molecule has 2 fully saturated rings. The summed E-state index contributed by atoms with van der Waals surface area (Å²) in [5, 5.41) is 9.15. The van der Waals surface area contributed by atoms with Gasteiger partial charge >= 0.3 is 5.97 Å². The SMILES string of the molecule is CC1CCC(C(=O)O)CN1C(=O)C1CC1c1ccc(F)cc1F. The third-order valence-electron chi connectivity index (χ3n) is 4.98. The van der Waals surface area contributed by atoms with E-state index in [0.29, 0.717) is 24.8 Å². The monoisotopic (exact) mass is 323 g/mol. The second-order valence-electron chi connectivity index (χ2n) is 6.57. The van der Waals surface area contributed by atoms with Gasteiger partial charge in [-0.3, -0.25) is 9.59 Å². The van der Waals surface area contributed by atoms with Crippen molar-refractivity contribution in [1.82, 2.24) is 4.90 Å². The standard InChI is InChI=1S/C17H19F2NO3/c1-9-2-3-10(17(22)23)8-20(9)16(21)14-7-13(14)12-5-4-11(18)6-15(12)19/h4-6,9-10,13-14H,2-3,7-8H2,1H3,(H,22,23). The number of hydrogen-bond donors (Lipinski definition) is 1. The quantitative estimate of drug-likeness (QED) is 0.930. The average molecular weight is 323 g/mol. The zero-order valence-electron chi connectivity index (χ0n) is 12.8. The lowest BCUT2D eigenvalue weighted by Crippen LogP contribution is -2.48. The number of halogens is 2. The van der Waals surface area contributed by atoms with Gasteiger partial charge < -0.3 is 10.0 Å². The minimum absolute atomic E-state index is 0.00239. The predicted octanol–water partition coefficient (Wildman–Crippen LogP) is 2.78. The van der Waals surface area contributed by atoms with Gasteiger partial charge in [-0.15, -0.1) is 0 Å². The van der Waals surface area contributed by atoms with Gasteiger partial charge in [-0.25, -0.2) is 8.78 Å². The fraction of sp³-hybridized carbons (Fsp3) is 0.529. The van der Waals surface area contributed by atoms with Crippen molar-refractivity contribution in [2.45, 2.75) is 38.1 Å². The van der Waals surface area contributed by atoms with E-state index in [2.05, 4.69) is 0 Å². The van der Waals surface area contributed by atoms with Crippen LogP contribution in [0.1, 0.15) is 37.7 Å². The number of likely N-dealkylation sites (tertiary alicyclic amines) is 1. The molecule has 0 aromatic heterocycles. The Kier molecular flexibility index (Phi) is 4.08. The lowest BCUT2D eigenvalue weighted by Gasteiger charge is -2.36. The highest BCUT2D eigenvalue weighted by Crippen LogP contribution is 2.50. The van der Waals surface area contributed by atoms with Gasteiger partial charge in [-0.1, -0.05) is 6.07 Å². The molecule has 4 unspecified atom stereocenters. The van der Waals surface area contributed by atoms with E-state index < -0.39 is 23.5 Å². The number of nitrogens with zero attached hydrogens (tertiary/aromatic N) is 1. The number of hydrogen-bond acceptors (Lipinski definition) is 2. The molecule has 6 heteroatoms. The Morgan fingerprint density at radius 3 is 2.65 bits per heavy atom. The van der Waals surface area contributed by atoms with Gasteiger partial charge in [-0.2, -0.15) is 0 Å². The van der Waals surface area contributed by atoms with Gasteiger partial charge in [0.05, 0.1) is 5.92 Å². The van der Waals surface area contributed by atoms with Crippen molar-refractivity contribution >= 4 is 11.9 Å². The number of carboxylic acids is 1. The molecule has 4 atom stereocenters. The Morgan fingerprint density at radius 2 is 2.00 bits per heavy atom. The van der Waals surface area contributed by atoms with Gasteiger partial charge in [0.2, 0.25) is 5.91 Å². The zero-order chi connectivity index (χ0) is 16.7. The summed E-state index contributed by atoms with van der Waals surface area (Å²) in [4.78, 5) is 25.4. The third kappa shape index (κ3) is 3.07. The second kappa shape index (κ2) is 5.91. The number of rotatable bonds is 3. The summed E-state index contributed by atoms with van der Waals surface area (Å²) in [6.07, 6.45) is 1.76. The highest BCUT2D eigenvalue weighted by molar-refractivity contribution is 5.84. The number of carbonyl (C=O) groups excluding carboxylic acids is 1. The van der Waals surface area contributed by atoms with Crippen LogP contribution in [0.2, 0.25) is 0 Å². The topological polar surface area (TPSA) is 57.6 Å². The van der Waals surface area contributed by atoms with Crippen LogP contribution in [0.25, 0.3) is 0 Å². The van der Waals surface area contributed by atoms with E-state index in [-0.39, 0.29) is 30.3 Å². The maximum atomic E-state index is 13.8. The van der Waals surface area contributed by atoms with E-state index in [1.54, 1.807) is 4.90 Å². The molecule has 1 N–H and O–H groups in total. The number of carboxylic acid groups (broad SMARTS) is 1. The fourth-order valence-corrected chi connectivity index (χ4v) is 3.44. The molecule has 124 valence electrons. The first kappa shape index (κ1) is 15.9. The van der Waals surface area contributed by atoms with Crippen molar-refractivity contribution in [2.75, 3.05) is 6.54 Å². The van der Waals surface area contributed by atoms with Crippen molar-refractivity contribution in [3.05, 3.63) is 35.4 Å². The van der Waals surface area contributed by atoms with E-state index in [4.69, 9.17) is 5.11 Å². The van der Waals surface area contributed by atoms with Crippen LogP contribution in [0.5, 0.6) is 0 Å². The second-order valence-corrected chi connectivity index (χ2v) is 6.57. The van der Waals surface area contributed by atoms with E-state index in [9.17, 15) is 18.4 Å². The van der Waals surface area contributed by atoms with Crippen LogP contribution in [0.4, 0.5) is 8.78 Å². The molecule has 2 aliphatic rings. The minimum atomic E-state index is -0.883. The van der Waals surface area contributed by atoms with Gasteiger partial charge in [0, 0.05) is 24.6 Å². The van der Waals surface area contributed by atoms with Crippen LogP contribution in [0.3, 0.4) is 0 Å². The number of amides is 1. The normalized spacial score (nSPS) is 30.1. The van der Waals surface area contributed by atoms with E-state index in [1.165, 1.54) is 12.1 Å². The summed E-state index contributed by atoms with van der Waals surface area (Å²) >= 11 is 0. The molecule has 1 heterocycles. The van der Waals surface area contributed by atoms with Crippen molar-refractivity contribution in [3.63, 3.8) is 0 Å². The molecule has 0 radical (unpaired) electrons. The molecule has 1 saturated heterocycles. The maximum absolute atomic E-state index is 13.8. The van der Waals surface area contributed by atoms with Crippen LogP contribution in [0.15, 0.2) is 18.2 Å². The first-order chi connectivity index (χ1) is 10.9. The molecule has 1 aliphatic carbocycles. The lowest BCUT2D eigenvalue weighted by atomic mass is 9.93. The molecule has 1 aromatic rings. The molecule has 0 bridgehead atoms. The summed E-state index contributed by atoms with van der Waals surface area (Å²) in [7, 11) is 0. The molecule has 1 amide bonds. The van der Waals surface area contributed by atoms with E-state index in [1.807, 2.05) is 6.92 Å². The Bertz CT molecular complexity index is 649. The third-order valence-corrected chi connectivity index (χ3v) is 4.98. The first-order valence-corrected chi connectivity index (χ1v) is 7.86. The number of aliphatic carboxylic acids is 1. The molecular formula is C17H19F2NO3. The van der Waals surface area contributed by atoms with Crippen LogP contribution < -0.4 is 0 Å². The Labute approximate surface area is 133 Å². The number of carbonyl (C=O) groups is 2. The fourth-order valence-electron chi connectivity index (χ4n) is 3.44. The van der Waals surface area contributed by atoms with Gasteiger partial charge in [0.15, 0.2) is 0 Å². The summed E-state index contributed by atoms with van der Waals surface area (Å²) in [6, 6.07) is 3.42. The lowest BCUT2D eigenvalue weighted by molar-refractivity contribution is -0.147. The Balaban J connectivity index is 1.70. The van der Waals surface area contributed by atoms with Crippen LogP contribution in [0, 0.1) is 23.5 Å². The average Bonchev–Trinajstić information content (AvgIpc) is 3.27. The molecule has 0 spiro atoms. The van der Waals surface area contributed by atoms with Crippen molar-refractivity contribution < 1.29 is 23.5 Å². The highest BCUT2D eigenvalue weighted by atomic mass is 19.1. The summed E-state index contributed by atoms with van der Waals surface area (Å²) in [5.41, 5.74) is 0.365. The molecule has 23 heavy (non-hydrogen) atoms. The van der Waals surface area contributed by atoms with Crippen LogP contribution in [-0.4, -0.2) is 34.5 Å². The van der Waals surface area contributed by atoms with Crippen molar-refractivity contribution in [2.24, 2.45) is 11.8 Å². The summed E-state index contributed by atoms with van der Waals surface area (Å²) in [5.74, 6) is -3.35. The molecule has 3 rings (SSSR count). The van der Waals surface area contributed by atoms with Gasteiger partial charge in [-0.05, 0) is 43.7 Å². The molecule has 1 saturated carbocycles. The Hall–Kier alpha value is -1.98. The highest BCUT2D eigenvalue weighted by Gasteiger charge is 2.48. The summed E-state index contributed by atoms with van der Waals surface area (Å²) < 4.78 is 26.8. The largest absolute Gasteiger partial charge is 0.481 e. The summed E-state index contributed by atoms with van der Waals surface area (Å²) in [6.45, 7) is 2.12. The Morgan fingerprint density at radius 1 is 1.26 bits per heavy atom. The van der Waals surface area contributed by atoms with E-state index >= 15 is 0 Å². The van der Waals surface area contributed by atoms with Gasteiger partial charge in [0.1, 0.15) is 11.6 Å². The molecule has 1 aromatic carbocycles. The van der Waals surface area contributed by atoms with Crippen LogP contribution in [-0.2, 0) is 9.59 Å². The molecular weight excluding hydrogens is 304 g/mol. The van der Waals surface area contributed by atoms with Crippen molar-refractivity contribution in [3.8, 4) is 0 Å². The maximum Gasteiger partial charge on any atom is 0.308 e. The van der Waals surface area contributed by atoms with Gasteiger partial charge in [0.25, 0.3) is 0 Å². The van der Waals surface area contributed by atoms with Crippen molar-refractivity contribution in [1.29, 1.82) is 0 Å². The zero-order valence-corrected chi connectivity index (χ0v) is 12.8. The molecule has 4 nitrogen and oxygen atoms in total. The number of benzene rings is 1. The first-order valence-electron chi connectivity index (χ1n) is 7.86. The molecule has 1 aliphatic heterocycles.